The molecule has 0 aliphatic carbocycles. The van der Waals surface area contributed by atoms with Gasteiger partial charge in [-0.2, -0.15) is 8.42 Å². The van der Waals surface area contributed by atoms with Crippen molar-refractivity contribution in [1.82, 2.24) is 15.2 Å². The molecule has 0 saturated heterocycles. The smallest absolute Gasteiger partial charge is 0.279 e. The van der Waals surface area contributed by atoms with Gasteiger partial charge in [0.2, 0.25) is 0 Å². The quantitative estimate of drug-likeness (QED) is 0.843. The first-order valence-electron chi connectivity index (χ1n) is 5.91. The SMILES string of the molecule is CN(Nc1ccc(Cl)nn1)C1=NS(=O)(=O)c2ccccc21. The lowest BCUT2D eigenvalue weighted by molar-refractivity contribution is 0.594. The zero-order chi connectivity index (χ0) is 15.0. The van der Waals surface area contributed by atoms with Crippen LogP contribution < -0.4 is 5.43 Å². The molecule has 0 spiro atoms. The van der Waals surface area contributed by atoms with Crippen molar-refractivity contribution in [2.24, 2.45) is 4.40 Å². The van der Waals surface area contributed by atoms with Crippen LogP contribution in [0.1, 0.15) is 5.56 Å². The first-order valence-corrected chi connectivity index (χ1v) is 7.73. The summed E-state index contributed by atoms with van der Waals surface area (Å²) < 4.78 is 27.7. The highest BCUT2D eigenvalue weighted by atomic mass is 35.5. The molecule has 0 amide bonds. The van der Waals surface area contributed by atoms with Crippen molar-refractivity contribution in [2.45, 2.75) is 4.90 Å². The van der Waals surface area contributed by atoms with Crippen LogP contribution in [-0.2, 0) is 10.0 Å². The number of rotatable bonds is 2. The number of nitrogens with zero attached hydrogens (tertiary/aromatic N) is 4. The van der Waals surface area contributed by atoms with E-state index < -0.39 is 10.0 Å². The number of anilines is 1. The molecule has 9 heteroatoms. The molecule has 0 radical (unpaired) electrons. The van der Waals surface area contributed by atoms with Crippen LogP contribution in [0.25, 0.3) is 0 Å². The van der Waals surface area contributed by atoms with E-state index in [-0.39, 0.29) is 10.0 Å². The predicted molar refractivity (Wildman–Crippen MR) is 78.6 cm³/mol. The minimum atomic E-state index is -3.65. The van der Waals surface area contributed by atoms with Gasteiger partial charge in [-0.05, 0) is 24.3 Å². The van der Waals surface area contributed by atoms with Crippen molar-refractivity contribution in [1.29, 1.82) is 0 Å². The zero-order valence-corrected chi connectivity index (χ0v) is 12.4. The molecule has 108 valence electrons. The van der Waals surface area contributed by atoms with Crippen LogP contribution in [0, 0.1) is 0 Å². The van der Waals surface area contributed by atoms with Gasteiger partial charge in [-0.3, -0.25) is 10.4 Å². The topological polar surface area (TPSA) is 87.5 Å². The van der Waals surface area contributed by atoms with Crippen LogP contribution in [0.3, 0.4) is 0 Å². The molecule has 0 saturated carbocycles. The van der Waals surface area contributed by atoms with Gasteiger partial charge in [-0.25, -0.2) is 0 Å². The zero-order valence-electron chi connectivity index (χ0n) is 10.9. The third-order valence-electron chi connectivity index (χ3n) is 2.84. The van der Waals surface area contributed by atoms with Gasteiger partial charge in [-0.1, -0.05) is 23.7 Å². The molecule has 1 aliphatic heterocycles. The van der Waals surface area contributed by atoms with E-state index in [0.717, 1.165) is 0 Å². The van der Waals surface area contributed by atoms with E-state index in [1.807, 2.05) is 0 Å². The normalized spacial score (nSPS) is 15.2. The number of nitrogens with one attached hydrogen (secondary N) is 1. The molecule has 0 atom stereocenters. The van der Waals surface area contributed by atoms with E-state index in [1.165, 1.54) is 11.1 Å². The Kier molecular flexibility index (Phi) is 3.26. The van der Waals surface area contributed by atoms with Gasteiger partial charge in [0.15, 0.2) is 16.8 Å². The highest BCUT2D eigenvalue weighted by Gasteiger charge is 2.30. The fourth-order valence-electron chi connectivity index (χ4n) is 1.93. The maximum atomic E-state index is 12.0. The standard InChI is InChI=1S/C12H10ClN5O2S/c1-18(16-11-7-6-10(13)14-15-11)12-8-4-2-3-5-9(8)21(19,20)17-12/h2-7H,1H3,(H,15,16). The number of hydrogen-bond donors (Lipinski definition) is 1. The predicted octanol–water partition coefficient (Wildman–Crippen LogP) is 1.54. The van der Waals surface area contributed by atoms with Crippen molar-refractivity contribution < 1.29 is 8.42 Å². The second-order valence-electron chi connectivity index (χ2n) is 4.30. The number of hydrogen-bond acceptors (Lipinski definition) is 6. The highest BCUT2D eigenvalue weighted by Crippen LogP contribution is 2.26. The number of halogens is 1. The average Bonchev–Trinajstić information content (AvgIpc) is 2.74. The monoisotopic (exact) mass is 323 g/mol. The first kappa shape index (κ1) is 13.8. The van der Waals surface area contributed by atoms with E-state index in [4.69, 9.17) is 11.6 Å². The molecular weight excluding hydrogens is 314 g/mol. The molecule has 1 aromatic carbocycles. The molecule has 2 aromatic rings. The van der Waals surface area contributed by atoms with Crippen molar-refractivity contribution >= 4 is 33.3 Å². The van der Waals surface area contributed by atoms with E-state index >= 15 is 0 Å². The Balaban J connectivity index is 1.92. The van der Waals surface area contributed by atoms with Crippen LogP contribution >= 0.6 is 11.6 Å². The molecule has 1 aromatic heterocycles. The Morgan fingerprint density at radius 1 is 1.14 bits per heavy atom. The fraction of sp³-hybridized carbons (Fsp3) is 0.0833. The van der Waals surface area contributed by atoms with Gasteiger partial charge in [0.05, 0.1) is 0 Å². The number of amidine groups is 1. The van der Waals surface area contributed by atoms with Crippen molar-refractivity contribution in [3.63, 3.8) is 0 Å². The molecule has 0 bridgehead atoms. The lowest BCUT2D eigenvalue weighted by Gasteiger charge is -2.20. The van der Waals surface area contributed by atoms with Gasteiger partial charge in [-0.15, -0.1) is 14.6 Å². The summed E-state index contributed by atoms with van der Waals surface area (Å²) in [7, 11) is -2.00. The second kappa shape index (κ2) is 4.97. The maximum Gasteiger partial charge on any atom is 0.285 e. The number of sulfonamides is 1. The van der Waals surface area contributed by atoms with Crippen molar-refractivity contribution in [3.05, 3.63) is 47.1 Å². The molecule has 7 nitrogen and oxygen atoms in total. The summed E-state index contributed by atoms with van der Waals surface area (Å²) in [5, 5.41) is 9.29. The number of hydrazine groups is 1. The average molecular weight is 324 g/mol. The highest BCUT2D eigenvalue weighted by molar-refractivity contribution is 7.90. The van der Waals surface area contributed by atoms with Gasteiger partial charge < -0.3 is 0 Å². The first-order chi connectivity index (χ1) is 9.97. The molecule has 0 fully saturated rings. The van der Waals surface area contributed by atoms with E-state index in [2.05, 4.69) is 20.0 Å². The molecule has 2 heterocycles. The van der Waals surface area contributed by atoms with Gasteiger partial charge >= 0.3 is 0 Å². The van der Waals surface area contributed by atoms with Crippen molar-refractivity contribution in [2.75, 3.05) is 12.5 Å². The summed E-state index contributed by atoms with van der Waals surface area (Å²) >= 11 is 5.66. The Morgan fingerprint density at radius 2 is 1.90 bits per heavy atom. The second-order valence-corrected chi connectivity index (χ2v) is 6.26. The van der Waals surface area contributed by atoms with Crippen LogP contribution in [0.2, 0.25) is 5.15 Å². The minimum Gasteiger partial charge on any atom is -0.279 e. The number of aromatic nitrogens is 2. The summed E-state index contributed by atoms with van der Waals surface area (Å²) in [5.41, 5.74) is 3.43. The minimum absolute atomic E-state index is 0.191. The number of fused-ring (bicyclic) bond motifs is 1. The summed E-state index contributed by atoms with van der Waals surface area (Å²) in [6.45, 7) is 0. The Hall–Kier alpha value is -2.19. The summed E-state index contributed by atoms with van der Waals surface area (Å²) in [4.78, 5) is 0.191. The molecule has 1 aliphatic rings. The summed E-state index contributed by atoms with van der Waals surface area (Å²) in [6.07, 6.45) is 0. The Bertz CT molecular complexity index is 820. The lowest BCUT2D eigenvalue weighted by Crippen LogP contribution is -2.32. The third kappa shape index (κ3) is 2.55. The van der Waals surface area contributed by atoms with E-state index in [9.17, 15) is 8.42 Å². The van der Waals surface area contributed by atoms with Crippen LogP contribution in [0.4, 0.5) is 5.82 Å². The molecule has 3 rings (SSSR count). The lowest BCUT2D eigenvalue weighted by atomic mass is 10.2. The Labute approximate surface area is 126 Å². The van der Waals surface area contributed by atoms with E-state index in [0.29, 0.717) is 17.2 Å². The van der Waals surface area contributed by atoms with Gasteiger partial charge in [0, 0.05) is 12.6 Å². The van der Waals surface area contributed by atoms with Crippen LogP contribution in [0.5, 0.6) is 0 Å². The largest absolute Gasteiger partial charge is 0.285 e. The third-order valence-corrected chi connectivity index (χ3v) is 4.37. The van der Waals surface area contributed by atoms with Gasteiger partial charge in [0.1, 0.15) is 4.90 Å². The maximum absolute atomic E-state index is 12.0. The van der Waals surface area contributed by atoms with Crippen molar-refractivity contribution in [3.8, 4) is 0 Å². The number of benzene rings is 1. The van der Waals surface area contributed by atoms with E-state index in [1.54, 1.807) is 37.4 Å². The van der Waals surface area contributed by atoms with Crippen LogP contribution in [0.15, 0.2) is 45.7 Å². The molecule has 21 heavy (non-hydrogen) atoms. The fourth-order valence-corrected chi connectivity index (χ4v) is 3.27. The molecule has 1 N–H and O–H groups in total. The van der Waals surface area contributed by atoms with Crippen LogP contribution in [-0.4, -0.2) is 36.5 Å². The molecular formula is C12H10ClN5O2S. The Morgan fingerprint density at radius 3 is 2.62 bits per heavy atom. The molecule has 0 unspecified atom stereocenters. The summed E-state index contributed by atoms with van der Waals surface area (Å²) in [6, 6.07) is 9.84. The van der Waals surface area contributed by atoms with Gasteiger partial charge in [0.25, 0.3) is 10.0 Å². The summed E-state index contributed by atoms with van der Waals surface area (Å²) in [5.74, 6) is 0.716.